The number of amides is 1. The summed E-state index contributed by atoms with van der Waals surface area (Å²) in [5, 5.41) is 2.69. The molecule has 2 aromatic rings. The van der Waals surface area contributed by atoms with Crippen LogP contribution in [0.2, 0.25) is 0 Å². The predicted molar refractivity (Wildman–Crippen MR) is 82.7 cm³/mol. The molecule has 1 heterocycles. The largest absolute Gasteiger partial charge is 0.486 e. The minimum absolute atomic E-state index is 0.00641. The van der Waals surface area contributed by atoms with Crippen LogP contribution in [-0.4, -0.2) is 19.1 Å². The molecule has 4 nitrogen and oxygen atoms in total. The molecule has 0 fully saturated rings. The van der Waals surface area contributed by atoms with Crippen molar-refractivity contribution in [2.75, 3.05) is 13.2 Å². The third-order valence-electron chi connectivity index (χ3n) is 3.23. The monoisotopic (exact) mass is 365 g/mol. The van der Waals surface area contributed by atoms with Gasteiger partial charge in [-0.25, -0.2) is 4.39 Å². The van der Waals surface area contributed by atoms with Crippen LogP contribution in [0.15, 0.2) is 40.9 Å². The number of nitrogens with one attached hydrogen (secondary N) is 1. The lowest BCUT2D eigenvalue weighted by atomic mass is 10.1. The number of carbonyl (C=O) groups excluding carboxylic acids is 1. The van der Waals surface area contributed by atoms with Crippen LogP contribution in [0.5, 0.6) is 11.5 Å². The van der Waals surface area contributed by atoms with Crippen molar-refractivity contribution in [2.45, 2.75) is 6.54 Å². The van der Waals surface area contributed by atoms with Gasteiger partial charge in [-0.05, 0) is 35.9 Å². The standard InChI is InChI=1S/C16H13BrFNO3/c17-11-2-3-13(18)12(8-11)16(20)19-9-10-1-4-14-15(7-10)22-6-5-21-14/h1-4,7-8H,5-6,9H2,(H,19,20). The predicted octanol–water partition coefficient (Wildman–Crippen LogP) is 3.29. The lowest BCUT2D eigenvalue weighted by molar-refractivity contribution is 0.0946. The average molecular weight is 366 g/mol. The van der Waals surface area contributed by atoms with E-state index in [0.29, 0.717) is 29.2 Å². The smallest absolute Gasteiger partial charge is 0.254 e. The topological polar surface area (TPSA) is 47.6 Å². The SMILES string of the molecule is O=C(NCc1ccc2c(c1)OCCO2)c1cc(Br)ccc1F. The number of hydrogen-bond donors (Lipinski definition) is 1. The molecule has 2 aromatic carbocycles. The zero-order valence-corrected chi connectivity index (χ0v) is 13.2. The van der Waals surface area contributed by atoms with Crippen molar-refractivity contribution < 1.29 is 18.7 Å². The molecular weight excluding hydrogens is 353 g/mol. The fraction of sp³-hybridized carbons (Fsp3) is 0.188. The number of halogens is 2. The van der Waals surface area contributed by atoms with E-state index in [-0.39, 0.29) is 12.1 Å². The van der Waals surface area contributed by atoms with Gasteiger partial charge in [0.2, 0.25) is 0 Å². The van der Waals surface area contributed by atoms with Gasteiger partial charge in [-0.3, -0.25) is 4.79 Å². The van der Waals surface area contributed by atoms with Crippen LogP contribution in [0.1, 0.15) is 15.9 Å². The highest BCUT2D eigenvalue weighted by molar-refractivity contribution is 9.10. The van der Waals surface area contributed by atoms with Crippen LogP contribution in [0.3, 0.4) is 0 Å². The first kappa shape index (κ1) is 14.8. The highest BCUT2D eigenvalue weighted by Crippen LogP contribution is 2.30. The lowest BCUT2D eigenvalue weighted by Crippen LogP contribution is -2.24. The van der Waals surface area contributed by atoms with Gasteiger partial charge in [0.15, 0.2) is 11.5 Å². The van der Waals surface area contributed by atoms with E-state index in [4.69, 9.17) is 9.47 Å². The second-order valence-corrected chi connectivity index (χ2v) is 5.70. The van der Waals surface area contributed by atoms with E-state index in [1.54, 1.807) is 12.1 Å². The second kappa shape index (κ2) is 6.36. The first-order valence-electron chi connectivity index (χ1n) is 6.75. The zero-order valence-electron chi connectivity index (χ0n) is 11.6. The third kappa shape index (κ3) is 3.22. The van der Waals surface area contributed by atoms with Crippen molar-refractivity contribution >= 4 is 21.8 Å². The highest BCUT2D eigenvalue weighted by atomic mass is 79.9. The Morgan fingerprint density at radius 1 is 1.14 bits per heavy atom. The van der Waals surface area contributed by atoms with E-state index in [9.17, 15) is 9.18 Å². The van der Waals surface area contributed by atoms with Gasteiger partial charge in [0.1, 0.15) is 19.0 Å². The molecule has 0 bridgehead atoms. The molecule has 114 valence electrons. The summed E-state index contributed by atoms with van der Waals surface area (Å²) in [6, 6.07) is 9.71. The molecule has 0 aromatic heterocycles. The maximum atomic E-state index is 13.7. The van der Waals surface area contributed by atoms with E-state index in [0.717, 1.165) is 5.56 Å². The van der Waals surface area contributed by atoms with Crippen molar-refractivity contribution in [2.24, 2.45) is 0 Å². The number of hydrogen-bond acceptors (Lipinski definition) is 3. The fourth-order valence-corrected chi connectivity index (χ4v) is 2.51. The van der Waals surface area contributed by atoms with E-state index >= 15 is 0 Å². The van der Waals surface area contributed by atoms with Crippen LogP contribution in [0, 0.1) is 5.82 Å². The van der Waals surface area contributed by atoms with E-state index in [1.165, 1.54) is 12.1 Å². The summed E-state index contributed by atoms with van der Waals surface area (Å²) in [5.74, 6) is 0.336. The molecule has 1 N–H and O–H groups in total. The maximum absolute atomic E-state index is 13.7. The van der Waals surface area contributed by atoms with Gasteiger partial charge in [0.05, 0.1) is 5.56 Å². The summed E-state index contributed by atoms with van der Waals surface area (Å²) < 4.78 is 25.2. The Balaban J connectivity index is 1.69. The molecule has 6 heteroatoms. The normalized spacial score (nSPS) is 12.8. The molecule has 0 atom stereocenters. The third-order valence-corrected chi connectivity index (χ3v) is 3.73. The molecule has 3 rings (SSSR count). The Kier molecular flexibility index (Phi) is 4.29. The Morgan fingerprint density at radius 3 is 2.73 bits per heavy atom. The van der Waals surface area contributed by atoms with Crippen LogP contribution in [0.25, 0.3) is 0 Å². The number of fused-ring (bicyclic) bond motifs is 1. The van der Waals surface area contributed by atoms with E-state index < -0.39 is 11.7 Å². The molecule has 0 unspecified atom stereocenters. The number of rotatable bonds is 3. The van der Waals surface area contributed by atoms with Crippen molar-refractivity contribution in [3.05, 3.63) is 57.8 Å². The van der Waals surface area contributed by atoms with Crippen molar-refractivity contribution in [1.82, 2.24) is 5.32 Å². The van der Waals surface area contributed by atoms with Gasteiger partial charge in [0.25, 0.3) is 5.91 Å². The molecule has 0 aliphatic carbocycles. The molecule has 1 amide bonds. The van der Waals surface area contributed by atoms with Crippen molar-refractivity contribution in [1.29, 1.82) is 0 Å². The fourth-order valence-electron chi connectivity index (χ4n) is 2.15. The van der Waals surface area contributed by atoms with E-state index in [1.807, 2.05) is 12.1 Å². The molecule has 1 aliphatic heterocycles. The maximum Gasteiger partial charge on any atom is 0.254 e. The highest BCUT2D eigenvalue weighted by Gasteiger charge is 2.14. The molecule has 0 spiro atoms. The van der Waals surface area contributed by atoms with Gasteiger partial charge >= 0.3 is 0 Å². The zero-order chi connectivity index (χ0) is 15.5. The average Bonchev–Trinajstić information content (AvgIpc) is 2.54. The minimum atomic E-state index is -0.553. The van der Waals surface area contributed by atoms with Crippen molar-refractivity contribution in [3.63, 3.8) is 0 Å². The summed E-state index contributed by atoms with van der Waals surface area (Å²) in [7, 11) is 0. The van der Waals surface area contributed by atoms with Crippen LogP contribution in [-0.2, 0) is 6.54 Å². The summed E-state index contributed by atoms with van der Waals surface area (Å²) in [6.45, 7) is 1.32. The summed E-state index contributed by atoms with van der Waals surface area (Å²) in [6.07, 6.45) is 0. The summed E-state index contributed by atoms with van der Waals surface area (Å²) in [4.78, 5) is 12.1. The molecule has 0 saturated carbocycles. The Hall–Kier alpha value is -2.08. The van der Waals surface area contributed by atoms with Crippen LogP contribution >= 0.6 is 15.9 Å². The van der Waals surface area contributed by atoms with Gasteiger partial charge in [-0.1, -0.05) is 22.0 Å². The van der Waals surface area contributed by atoms with Gasteiger partial charge < -0.3 is 14.8 Å². The molecular formula is C16H13BrFNO3. The Morgan fingerprint density at radius 2 is 1.91 bits per heavy atom. The van der Waals surface area contributed by atoms with Crippen LogP contribution < -0.4 is 14.8 Å². The second-order valence-electron chi connectivity index (χ2n) is 4.78. The minimum Gasteiger partial charge on any atom is -0.486 e. The first-order valence-corrected chi connectivity index (χ1v) is 7.54. The number of ether oxygens (including phenoxy) is 2. The number of benzene rings is 2. The van der Waals surface area contributed by atoms with Gasteiger partial charge in [-0.2, -0.15) is 0 Å². The van der Waals surface area contributed by atoms with Gasteiger partial charge in [0, 0.05) is 11.0 Å². The summed E-state index contributed by atoms with van der Waals surface area (Å²) >= 11 is 3.22. The quantitative estimate of drug-likeness (QED) is 0.907. The molecule has 1 aliphatic rings. The number of carbonyl (C=O) groups is 1. The van der Waals surface area contributed by atoms with E-state index in [2.05, 4.69) is 21.2 Å². The Labute approximate surface area is 135 Å². The molecule has 0 radical (unpaired) electrons. The van der Waals surface area contributed by atoms with Crippen LogP contribution in [0.4, 0.5) is 4.39 Å². The summed E-state index contributed by atoms with van der Waals surface area (Å²) in [5.41, 5.74) is 0.861. The molecule has 22 heavy (non-hydrogen) atoms. The van der Waals surface area contributed by atoms with Gasteiger partial charge in [-0.15, -0.1) is 0 Å². The Bertz CT molecular complexity index is 721. The van der Waals surface area contributed by atoms with Crippen molar-refractivity contribution in [3.8, 4) is 11.5 Å². The lowest BCUT2D eigenvalue weighted by Gasteiger charge is -2.19. The molecule has 0 saturated heterocycles. The first-order chi connectivity index (χ1) is 10.6.